The van der Waals surface area contributed by atoms with Crippen molar-refractivity contribution in [1.29, 1.82) is 0 Å². The van der Waals surface area contributed by atoms with Gasteiger partial charge in [0.25, 0.3) is 0 Å². The molecular weight excluding hydrogens is 203 g/mol. The third-order valence-electron chi connectivity index (χ3n) is 2.44. The fourth-order valence-electron chi connectivity index (χ4n) is 1.69. The van der Waals surface area contributed by atoms with Crippen molar-refractivity contribution in [3.8, 4) is 0 Å². The third kappa shape index (κ3) is 2.00. The minimum Gasteiger partial charge on any atom is -0.0840 e. The lowest BCUT2D eigenvalue weighted by Crippen LogP contribution is -1.95. The molecule has 2 heteroatoms. The molecular formula is C11H14Cl2. The van der Waals surface area contributed by atoms with Crippen LogP contribution in [0.15, 0.2) is 6.07 Å². The van der Waals surface area contributed by atoms with E-state index in [-0.39, 0.29) is 0 Å². The summed E-state index contributed by atoms with van der Waals surface area (Å²) in [4.78, 5) is 0. The predicted molar refractivity (Wildman–Crippen MR) is 60.0 cm³/mol. The van der Waals surface area contributed by atoms with Crippen molar-refractivity contribution in [2.45, 2.75) is 33.6 Å². The van der Waals surface area contributed by atoms with Crippen molar-refractivity contribution < 1.29 is 0 Å². The van der Waals surface area contributed by atoms with E-state index in [1.807, 2.05) is 6.07 Å². The van der Waals surface area contributed by atoms with Crippen LogP contribution in [-0.2, 0) is 12.8 Å². The molecule has 0 unspecified atom stereocenters. The Morgan fingerprint density at radius 2 is 1.38 bits per heavy atom. The Bertz CT molecular complexity index is 288. The molecule has 1 aromatic rings. The molecule has 0 nitrogen and oxygen atoms in total. The van der Waals surface area contributed by atoms with Gasteiger partial charge >= 0.3 is 0 Å². The summed E-state index contributed by atoms with van der Waals surface area (Å²) in [6.45, 7) is 6.32. The molecule has 0 N–H and O–H groups in total. The topological polar surface area (TPSA) is 0 Å². The van der Waals surface area contributed by atoms with E-state index in [1.54, 1.807) is 0 Å². The molecule has 0 radical (unpaired) electrons. The Morgan fingerprint density at radius 3 is 1.69 bits per heavy atom. The molecule has 72 valence electrons. The lowest BCUT2D eigenvalue weighted by molar-refractivity contribution is 1.05. The van der Waals surface area contributed by atoms with E-state index in [2.05, 4.69) is 20.8 Å². The van der Waals surface area contributed by atoms with Gasteiger partial charge in [-0.25, -0.2) is 0 Å². The highest BCUT2D eigenvalue weighted by Gasteiger charge is 2.09. The highest BCUT2D eigenvalue weighted by atomic mass is 35.5. The average molecular weight is 217 g/mol. The molecule has 0 aliphatic rings. The fourth-order valence-corrected chi connectivity index (χ4v) is 2.52. The first-order valence-electron chi connectivity index (χ1n) is 4.58. The zero-order valence-corrected chi connectivity index (χ0v) is 9.76. The maximum Gasteiger partial charge on any atom is 0.0455 e. The van der Waals surface area contributed by atoms with Crippen molar-refractivity contribution in [1.82, 2.24) is 0 Å². The van der Waals surface area contributed by atoms with Gasteiger partial charge in [0, 0.05) is 10.0 Å². The van der Waals surface area contributed by atoms with Crippen molar-refractivity contribution in [3.05, 3.63) is 32.8 Å². The molecule has 13 heavy (non-hydrogen) atoms. The first kappa shape index (κ1) is 10.9. The van der Waals surface area contributed by atoms with Crippen LogP contribution in [0, 0.1) is 6.92 Å². The van der Waals surface area contributed by atoms with E-state index >= 15 is 0 Å². The normalized spacial score (nSPS) is 10.5. The largest absolute Gasteiger partial charge is 0.0840 e. The van der Waals surface area contributed by atoms with Gasteiger partial charge in [-0.05, 0) is 42.5 Å². The van der Waals surface area contributed by atoms with Gasteiger partial charge in [-0.1, -0.05) is 37.0 Å². The molecule has 0 amide bonds. The van der Waals surface area contributed by atoms with E-state index in [1.165, 1.54) is 16.7 Å². The average Bonchev–Trinajstić information content (AvgIpc) is 2.04. The molecule has 0 aliphatic carbocycles. The summed E-state index contributed by atoms with van der Waals surface area (Å²) >= 11 is 12.2. The molecule has 0 saturated heterocycles. The van der Waals surface area contributed by atoms with Gasteiger partial charge in [0.2, 0.25) is 0 Å². The zero-order valence-electron chi connectivity index (χ0n) is 8.25. The van der Waals surface area contributed by atoms with Crippen LogP contribution in [0.4, 0.5) is 0 Å². The number of halogens is 2. The lowest BCUT2D eigenvalue weighted by Gasteiger charge is -2.12. The fraction of sp³-hybridized carbons (Fsp3) is 0.455. The van der Waals surface area contributed by atoms with Crippen LogP contribution in [0.3, 0.4) is 0 Å². The molecule has 1 rings (SSSR count). The SMILES string of the molecule is CCc1c(Cl)cc(Cl)c(CC)c1C. The molecule has 0 saturated carbocycles. The first-order chi connectivity index (χ1) is 6.11. The zero-order chi connectivity index (χ0) is 10.0. The van der Waals surface area contributed by atoms with Crippen LogP contribution in [-0.4, -0.2) is 0 Å². The Balaban J connectivity index is 3.39. The van der Waals surface area contributed by atoms with Crippen molar-refractivity contribution in [2.24, 2.45) is 0 Å². The van der Waals surface area contributed by atoms with Crippen molar-refractivity contribution >= 4 is 23.2 Å². The second kappa shape index (κ2) is 4.34. The molecule has 0 heterocycles. The highest BCUT2D eigenvalue weighted by Crippen LogP contribution is 2.30. The van der Waals surface area contributed by atoms with Crippen LogP contribution < -0.4 is 0 Å². The molecule has 1 aromatic carbocycles. The minimum absolute atomic E-state index is 0.794. The third-order valence-corrected chi connectivity index (χ3v) is 3.12. The van der Waals surface area contributed by atoms with Crippen molar-refractivity contribution in [2.75, 3.05) is 0 Å². The van der Waals surface area contributed by atoms with Gasteiger partial charge in [-0.15, -0.1) is 0 Å². The molecule has 0 aromatic heterocycles. The highest BCUT2D eigenvalue weighted by molar-refractivity contribution is 6.35. The van der Waals surface area contributed by atoms with Crippen LogP contribution in [0.5, 0.6) is 0 Å². The number of hydrogen-bond acceptors (Lipinski definition) is 0. The summed E-state index contributed by atoms with van der Waals surface area (Å²) in [5.41, 5.74) is 3.70. The van der Waals surface area contributed by atoms with Gasteiger partial charge < -0.3 is 0 Å². The first-order valence-corrected chi connectivity index (χ1v) is 5.33. The van der Waals surface area contributed by atoms with Crippen LogP contribution in [0.2, 0.25) is 10.0 Å². The van der Waals surface area contributed by atoms with E-state index in [0.717, 1.165) is 22.9 Å². The summed E-state index contributed by atoms with van der Waals surface area (Å²) in [6, 6.07) is 1.85. The molecule has 0 aliphatic heterocycles. The van der Waals surface area contributed by atoms with E-state index in [9.17, 15) is 0 Å². The van der Waals surface area contributed by atoms with Crippen LogP contribution in [0.1, 0.15) is 30.5 Å². The standard InChI is InChI=1S/C11H14Cl2/c1-4-8-7(3)9(5-2)11(13)6-10(8)12/h6H,4-5H2,1-3H3. The summed E-state index contributed by atoms with van der Waals surface area (Å²) in [6.07, 6.45) is 1.93. The van der Waals surface area contributed by atoms with Gasteiger partial charge in [0.05, 0.1) is 0 Å². The second-order valence-corrected chi connectivity index (χ2v) is 3.94. The number of hydrogen-bond donors (Lipinski definition) is 0. The minimum atomic E-state index is 0.794. The number of benzene rings is 1. The Labute approximate surface area is 89.9 Å². The summed E-state index contributed by atoms with van der Waals surface area (Å²) in [7, 11) is 0. The van der Waals surface area contributed by atoms with E-state index in [4.69, 9.17) is 23.2 Å². The van der Waals surface area contributed by atoms with E-state index in [0.29, 0.717) is 0 Å². The summed E-state index contributed by atoms with van der Waals surface area (Å²) < 4.78 is 0. The number of rotatable bonds is 2. The molecule has 0 fully saturated rings. The molecule has 0 atom stereocenters. The second-order valence-electron chi connectivity index (χ2n) is 3.13. The predicted octanol–water partition coefficient (Wildman–Crippen LogP) is 4.43. The quantitative estimate of drug-likeness (QED) is 0.687. The Morgan fingerprint density at radius 1 is 1.00 bits per heavy atom. The maximum absolute atomic E-state index is 6.08. The van der Waals surface area contributed by atoms with E-state index < -0.39 is 0 Å². The van der Waals surface area contributed by atoms with Gasteiger partial charge in [-0.2, -0.15) is 0 Å². The van der Waals surface area contributed by atoms with Gasteiger partial charge in [-0.3, -0.25) is 0 Å². The van der Waals surface area contributed by atoms with Crippen LogP contribution >= 0.6 is 23.2 Å². The Hall–Kier alpha value is -0.200. The lowest BCUT2D eigenvalue weighted by atomic mass is 9.99. The summed E-state index contributed by atoms with van der Waals surface area (Å²) in [5, 5.41) is 1.59. The molecule has 0 spiro atoms. The van der Waals surface area contributed by atoms with Crippen LogP contribution in [0.25, 0.3) is 0 Å². The smallest absolute Gasteiger partial charge is 0.0455 e. The Kier molecular flexibility index (Phi) is 3.63. The van der Waals surface area contributed by atoms with Crippen molar-refractivity contribution in [3.63, 3.8) is 0 Å². The monoisotopic (exact) mass is 216 g/mol. The summed E-state index contributed by atoms with van der Waals surface area (Å²) in [5.74, 6) is 0. The molecule has 0 bridgehead atoms. The van der Waals surface area contributed by atoms with Gasteiger partial charge in [0.15, 0.2) is 0 Å². The maximum atomic E-state index is 6.08. The van der Waals surface area contributed by atoms with Gasteiger partial charge in [0.1, 0.15) is 0 Å².